The van der Waals surface area contributed by atoms with Crippen LogP contribution >= 0.6 is 45.1 Å². The average molecular weight is 561 g/mol. The molecule has 4 aromatic heterocycles. The van der Waals surface area contributed by atoms with Crippen molar-refractivity contribution >= 4 is 68.1 Å². The number of rotatable bonds is 11. The number of nitrogens with zero attached hydrogens (tertiary/aromatic N) is 2. The summed E-state index contributed by atoms with van der Waals surface area (Å²) in [5, 5.41) is 0. The Morgan fingerprint density at radius 3 is 1.44 bits per heavy atom. The minimum atomic E-state index is -0.326. The molecule has 0 aromatic carbocycles. The molecular formula is C26H28N2O4S4. The molecule has 0 aliphatic heterocycles. The standard InChI is InChI=1S/C26H28N2O4S4/c1-5-31-25(29)19-23(33-7-3)21(17-13-9-11-15-27(17)19)35-36-22-18-14-10-12-16-28(18)20(24(22)34-8-4)26(30)32-6-2/h9-16H,5-8H2,1-4H3. The summed E-state index contributed by atoms with van der Waals surface area (Å²) in [5.41, 5.74) is 3.01. The van der Waals surface area contributed by atoms with Crippen LogP contribution in [0.15, 0.2) is 68.4 Å². The molecule has 190 valence electrons. The van der Waals surface area contributed by atoms with Crippen molar-refractivity contribution in [1.29, 1.82) is 0 Å². The van der Waals surface area contributed by atoms with E-state index in [-0.39, 0.29) is 11.9 Å². The van der Waals surface area contributed by atoms with Gasteiger partial charge in [0.05, 0.1) is 43.8 Å². The van der Waals surface area contributed by atoms with Crippen LogP contribution in [0.2, 0.25) is 0 Å². The molecule has 4 aromatic rings. The smallest absolute Gasteiger partial charge is 0.356 e. The lowest BCUT2D eigenvalue weighted by Crippen LogP contribution is -2.09. The summed E-state index contributed by atoms with van der Waals surface area (Å²) in [4.78, 5) is 29.8. The van der Waals surface area contributed by atoms with E-state index in [1.807, 2.05) is 71.4 Å². The van der Waals surface area contributed by atoms with Gasteiger partial charge in [-0.1, -0.05) is 26.0 Å². The second kappa shape index (κ2) is 12.4. The van der Waals surface area contributed by atoms with Crippen molar-refractivity contribution in [2.75, 3.05) is 24.7 Å². The van der Waals surface area contributed by atoms with Crippen LogP contribution in [-0.4, -0.2) is 45.5 Å². The number of aromatic nitrogens is 2. The van der Waals surface area contributed by atoms with E-state index < -0.39 is 0 Å². The van der Waals surface area contributed by atoms with Crippen LogP contribution in [0.25, 0.3) is 11.0 Å². The first-order valence-electron chi connectivity index (χ1n) is 11.8. The molecule has 6 nitrogen and oxygen atoms in total. The van der Waals surface area contributed by atoms with Gasteiger partial charge in [0.25, 0.3) is 0 Å². The molecule has 36 heavy (non-hydrogen) atoms. The molecule has 0 fully saturated rings. The maximum Gasteiger partial charge on any atom is 0.356 e. The second-order valence-electron chi connectivity index (χ2n) is 7.40. The maximum absolute atomic E-state index is 13.0. The summed E-state index contributed by atoms with van der Waals surface area (Å²) in [5.74, 6) is 0.988. The number of hydrogen-bond donors (Lipinski definition) is 0. The van der Waals surface area contributed by atoms with E-state index in [4.69, 9.17) is 9.47 Å². The van der Waals surface area contributed by atoms with Gasteiger partial charge in [-0.2, -0.15) is 0 Å². The molecular weight excluding hydrogens is 533 g/mol. The van der Waals surface area contributed by atoms with Crippen LogP contribution in [0.3, 0.4) is 0 Å². The lowest BCUT2D eigenvalue weighted by atomic mass is 10.4. The van der Waals surface area contributed by atoms with Crippen LogP contribution in [0.5, 0.6) is 0 Å². The fraction of sp³-hybridized carbons (Fsp3) is 0.308. The van der Waals surface area contributed by atoms with Gasteiger partial charge in [-0.3, -0.25) is 0 Å². The first-order chi connectivity index (χ1) is 17.6. The molecule has 0 amide bonds. The first kappa shape index (κ1) is 26.9. The van der Waals surface area contributed by atoms with E-state index in [0.717, 1.165) is 42.1 Å². The summed E-state index contributed by atoms with van der Waals surface area (Å²) < 4.78 is 14.7. The lowest BCUT2D eigenvalue weighted by molar-refractivity contribution is 0.0504. The van der Waals surface area contributed by atoms with Crippen LogP contribution in [-0.2, 0) is 9.47 Å². The van der Waals surface area contributed by atoms with Crippen LogP contribution in [0.1, 0.15) is 48.7 Å². The number of hydrogen-bond acceptors (Lipinski definition) is 8. The van der Waals surface area contributed by atoms with E-state index in [1.165, 1.54) is 0 Å². The fourth-order valence-corrected chi connectivity index (χ4v) is 9.03. The molecule has 0 unspecified atom stereocenters. The van der Waals surface area contributed by atoms with Gasteiger partial charge in [0.15, 0.2) is 0 Å². The topological polar surface area (TPSA) is 61.4 Å². The van der Waals surface area contributed by atoms with E-state index >= 15 is 0 Å². The summed E-state index contributed by atoms with van der Waals surface area (Å²) in [6.07, 6.45) is 3.81. The van der Waals surface area contributed by atoms with Crippen molar-refractivity contribution in [2.45, 2.75) is 47.3 Å². The second-order valence-corrected chi connectivity index (χ2v) is 12.1. The van der Waals surface area contributed by atoms with Gasteiger partial charge in [-0.15, -0.1) is 23.5 Å². The summed E-state index contributed by atoms with van der Waals surface area (Å²) in [6, 6.07) is 11.8. The molecule has 0 saturated heterocycles. The highest BCUT2D eigenvalue weighted by atomic mass is 33.1. The molecule has 10 heteroatoms. The molecule has 0 spiro atoms. The Bertz CT molecular complexity index is 1290. The van der Waals surface area contributed by atoms with E-state index in [9.17, 15) is 9.59 Å². The third kappa shape index (κ3) is 5.14. The predicted molar refractivity (Wildman–Crippen MR) is 151 cm³/mol. The Morgan fingerprint density at radius 2 is 1.08 bits per heavy atom. The Balaban J connectivity index is 1.84. The van der Waals surface area contributed by atoms with Crippen LogP contribution < -0.4 is 0 Å². The van der Waals surface area contributed by atoms with Crippen molar-refractivity contribution in [3.05, 3.63) is 60.2 Å². The molecule has 4 rings (SSSR count). The lowest BCUT2D eigenvalue weighted by Gasteiger charge is -2.07. The number of esters is 2. The highest BCUT2D eigenvalue weighted by molar-refractivity contribution is 8.76. The van der Waals surface area contributed by atoms with Crippen molar-refractivity contribution < 1.29 is 19.1 Å². The average Bonchev–Trinajstić information content (AvgIpc) is 3.35. The third-order valence-corrected chi connectivity index (χ3v) is 9.93. The number of carbonyl (C=O) groups excluding carboxylic acids is 2. The van der Waals surface area contributed by atoms with Gasteiger partial charge in [0.1, 0.15) is 11.4 Å². The molecule has 0 radical (unpaired) electrons. The van der Waals surface area contributed by atoms with E-state index in [0.29, 0.717) is 24.6 Å². The van der Waals surface area contributed by atoms with Crippen LogP contribution in [0, 0.1) is 0 Å². The molecule has 0 aliphatic carbocycles. The monoisotopic (exact) mass is 560 g/mol. The van der Waals surface area contributed by atoms with Gasteiger partial charge in [0, 0.05) is 12.4 Å². The largest absolute Gasteiger partial charge is 0.461 e. The first-order valence-corrected chi connectivity index (χ1v) is 15.9. The fourth-order valence-electron chi connectivity index (χ4n) is 3.89. The normalized spacial score (nSPS) is 11.3. The van der Waals surface area contributed by atoms with Crippen molar-refractivity contribution in [2.24, 2.45) is 0 Å². The van der Waals surface area contributed by atoms with Crippen LogP contribution in [0.4, 0.5) is 0 Å². The highest BCUT2D eigenvalue weighted by Crippen LogP contribution is 2.51. The zero-order valence-corrected chi connectivity index (χ0v) is 23.9. The molecule has 0 aliphatic rings. The van der Waals surface area contributed by atoms with Gasteiger partial charge in [0.2, 0.25) is 0 Å². The third-order valence-electron chi connectivity index (χ3n) is 5.23. The molecule has 0 bridgehead atoms. The number of pyridine rings is 2. The van der Waals surface area contributed by atoms with E-state index in [1.54, 1.807) is 45.1 Å². The summed E-state index contributed by atoms with van der Waals surface area (Å²) in [7, 11) is 3.22. The summed E-state index contributed by atoms with van der Waals surface area (Å²) in [6.45, 7) is 8.42. The zero-order chi connectivity index (χ0) is 25.7. The number of fused-ring (bicyclic) bond motifs is 2. The Morgan fingerprint density at radius 1 is 0.667 bits per heavy atom. The highest BCUT2D eigenvalue weighted by Gasteiger charge is 2.28. The number of ether oxygens (including phenoxy) is 2. The summed E-state index contributed by atoms with van der Waals surface area (Å²) >= 11 is 3.28. The Labute approximate surface area is 227 Å². The van der Waals surface area contributed by atoms with Gasteiger partial charge < -0.3 is 18.3 Å². The number of thioether (sulfide) groups is 2. The Hall–Kier alpha value is -2.14. The van der Waals surface area contributed by atoms with Gasteiger partial charge in [-0.05, 0) is 71.2 Å². The zero-order valence-electron chi connectivity index (χ0n) is 20.6. The minimum Gasteiger partial charge on any atom is -0.461 e. The Kier molecular flexibility index (Phi) is 9.27. The maximum atomic E-state index is 13.0. The van der Waals surface area contributed by atoms with Gasteiger partial charge >= 0.3 is 11.9 Å². The molecule has 0 atom stereocenters. The van der Waals surface area contributed by atoms with Crippen molar-refractivity contribution in [3.63, 3.8) is 0 Å². The molecule has 0 N–H and O–H groups in total. The van der Waals surface area contributed by atoms with Crippen molar-refractivity contribution in [3.8, 4) is 0 Å². The van der Waals surface area contributed by atoms with Crippen molar-refractivity contribution in [1.82, 2.24) is 8.80 Å². The predicted octanol–water partition coefficient (Wildman–Crippen LogP) is 7.57. The SMILES string of the molecule is CCOC(=O)c1c(SCC)c(SSc2c(SCC)c(C(=O)OCC)n3ccccc23)c2ccccn12. The van der Waals surface area contributed by atoms with E-state index in [2.05, 4.69) is 13.8 Å². The quantitative estimate of drug-likeness (QED) is 0.106. The molecule has 4 heterocycles. The number of carbonyl (C=O) groups is 2. The molecule has 0 saturated carbocycles. The minimum absolute atomic E-state index is 0.317. The van der Waals surface area contributed by atoms with Gasteiger partial charge in [-0.25, -0.2) is 9.59 Å².